The zero-order valence-corrected chi connectivity index (χ0v) is 7.82. The summed E-state index contributed by atoms with van der Waals surface area (Å²) >= 11 is 6.14. The van der Waals surface area contributed by atoms with Crippen LogP contribution in [0.15, 0.2) is 0 Å². The molecule has 2 unspecified atom stereocenters. The zero-order valence-electron chi connectivity index (χ0n) is 7.06. The van der Waals surface area contributed by atoms with Gasteiger partial charge in [0.05, 0.1) is 0 Å². The number of alkyl halides is 1. The maximum atomic E-state index is 6.14. The maximum absolute atomic E-state index is 6.14. The lowest BCUT2D eigenvalue weighted by Gasteiger charge is -2.37. The molecule has 0 aliphatic heterocycles. The molecular weight excluding hydrogens is 156 g/mol. The minimum Gasteiger partial charge on any atom is -0.123 e. The minimum atomic E-state index is 0.509. The number of fused-ring (bicyclic) bond motifs is 1. The Hall–Kier alpha value is 0.290. The summed E-state index contributed by atoms with van der Waals surface area (Å²) in [6.45, 7) is 0. The van der Waals surface area contributed by atoms with Crippen LogP contribution in [0.5, 0.6) is 0 Å². The third kappa shape index (κ3) is 1.72. The second kappa shape index (κ2) is 3.35. The van der Waals surface area contributed by atoms with Crippen LogP contribution in [0, 0.1) is 11.8 Å². The molecule has 0 radical (unpaired) electrons. The Balaban J connectivity index is 1.93. The lowest BCUT2D eigenvalue weighted by Crippen LogP contribution is -2.27. The van der Waals surface area contributed by atoms with Crippen molar-refractivity contribution in [2.75, 3.05) is 0 Å². The van der Waals surface area contributed by atoms with Crippen molar-refractivity contribution in [3.8, 4) is 0 Å². The van der Waals surface area contributed by atoms with Gasteiger partial charge in [0.25, 0.3) is 0 Å². The summed E-state index contributed by atoms with van der Waals surface area (Å²) in [6, 6.07) is 0. The topological polar surface area (TPSA) is 0 Å². The summed E-state index contributed by atoms with van der Waals surface area (Å²) in [7, 11) is 0. The molecule has 64 valence electrons. The van der Waals surface area contributed by atoms with Gasteiger partial charge in [-0.25, -0.2) is 0 Å². The molecule has 0 aromatic heterocycles. The molecule has 2 aliphatic rings. The fourth-order valence-corrected chi connectivity index (χ4v) is 3.17. The normalized spacial score (nSPS) is 45.0. The monoisotopic (exact) mass is 172 g/mol. The SMILES string of the molecule is Cl[C@H]1CCC2CCCCC2C1. The van der Waals surface area contributed by atoms with E-state index in [0.717, 1.165) is 11.8 Å². The van der Waals surface area contributed by atoms with Crippen molar-refractivity contribution in [3.05, 3.63) is 0 Å². The number of hydrogen-bond donors (Lipinski definition) is 0. The van der Waals surface area contributed by atoms with Gasteiger partial charge in [-0.05, 0) is 31.1 Å². The van der Waals surface area contributed by atoms with Gasteiger partial charge in [-0.2, -0.15) is 0 Å². The fourth-order valence-electron chi connectivity index (χ4n) is 2.82. The standard InChI is InChI=1S/C10H17Cl/c11-10-6-5-8-3-1-2-4-9(8)7-10/h8-10H,1-7H2/t8?,9?,10-/m0/s1. The van der Waals surface area contributed by atoms with E-state index in [4.69, 9.17) is 11.6 Å². The van der Waals surface area contributed by atoms with Gasteiger partial charge in [0.15, 0.2) is 0 Å². The molecule has 2 saturated carbocycles. The molecule has 1 heteroatoms. The maximum Gasteiger partial charge on any atom is 0.0338 e. The van der Waals surface area contributed by atoms with Crippen LogP contribution in [0.2, 0.25) is 0 Å². The molecule has 0 nitrogen and oxygen atoms in total. The average molecular weight is 173 g/mol. The summed E-state index contributed by atoms with van der Waals surface area (Å²) in [5.41, 5.74) is 0. The second-order valence-electron chi connectivity index (χ2n) is 4.21. The Morgan fingerprint density at radius 1 is 0.818 bits per heavy atom. The highest BCUT2D eigenvalue weighted by Crippen LogP contribution is 2.41. The number of hydrogen-bond acceptors (Lipinski definition) is 0. The Bertz CT molecular complexity index is 133. The number of rotatable bonds is 0. The molecule has 3 atom stereocenters. The van der Waals surface area contributed by atoms with E-state index in [2.05, 4.69) is 0 Å². The zero-order chi connectivity index (χ0) is 7.68. The van der Waals surface area contributed by atoms with Gasteiger partial charge in [0.1, 0.15) is 0 Å². The van der Waals surface area contributed by atoms with Gasteiger partial charge < -0.3 is 0 Å². The van der Waals surface area contributed by atoms with Crippen molar-refractivity contribution in [2.45, 2.75) is 50.3 Å². The molecule has 0 spiro atoms. The van der Waals surface area contributed by atoms with E-state index in [1.807, 2.05) is 0 Å². The van der Waals surface area contributed by atoms with Crippen molar-refractivity contribution >= 4 is 11.6 Å². The van der Waals surface area contributed by atoms with Gasteiger partial charge in [-0.3, -0.25) is 0 Å². The number of halogens is 1. The van der Waals surface area contributed by atoms with E-state index < -0.39 is 0 Å². The summed E-state index contributed by atoms with van der Waals surface area (Å²) < 4.78 is 0. The van der Waals surface area contributed by atoms with Crippen LogP contribution in [0.25, 0.3) is 0 Å². The van der Waals surface area contributed by atoms with Crippen LogP contribution in [-0.2, 0) is 0 Å². The lowest BCUT2D eigenvalue weighted by atomic mass is 9.71. The molecule has 0 N–H and O–H groups in total. The van der Waals surface area contributed by atoms with Crippen LogP contribution in [0.3, 0.4) is 0 Å². The van der Waals surface area contributed by atoms with E-state index in [1.165, 1.54) is 44.9 Å². The molecule has 0 aromatic carbocycles. The molecular formula is C10H17Cl. The Morgan fingerprint density at radius 2 is 1.55 bits per heavy atom. The average Bonchev–Trinajstić information content (AvgIpc) is 2.04. The molecule has 2 rings (SSSR count). The predicted octanol–water partition coefficient (Wildman–Crippen LogP) is 3.58. The first-order chi connectivity index (χ1) is 5.36. The quantitative estimate of drug-likeness (QED) is 0.490. The molecule has 2 fully saturated rings. The van der Waals surface area contributed by atoms with Crippen LogP contribution in [0.1, 0.15) is 44.9 Å². The van der Waals surface area contributed by atoms with E-state index in [0.29, 0.717) is 5.38 Å². The molecule has 0 heterocycles. The third-order valence-electron chi connectivity index (χ3n) is 3.48. The summed E-state index contributed by atoms with van der Waals surface area (Å²) in [5.74, 6) is 2.05. The van der Waals surface area contributed by atoms with E-state index in [1.54, 1.807) is 0 Å². The highest BCUT2D eigenvalue weighted by atomic mass is 35.5. The fraction of sp³-hybridized carbons (Fsp3) is 1.00. The summed E-state index contributed by atoms with van der Waals surface area (Å²) in [6.07, 6.45) is 9.91. The van der Waals surface area contributed by atoms with E-state index >= 15 is 0 Å². The van der Waals surface area contributed by atoms with Crippen molar-refractivity contribution < 1.29 is 0 Å². The molecule has 0 amide bonds. The van der Waals surface area contributed by atoms with Crippen molar-refractivity contribution in [1.29, 1.82) is 0 Å². The highest BCUT2D eigenvalue weighted by Gasteiger charge is 2.30. The van der Waals surface area contributed by atoms with Crippen LogP contribution in [0.4, 0.5) is 0 Å². The lowest BCUT2D eigenvalue weighted by molar-refractivity contribution is 0.174. The van der Waals surface area contributed by atoms with Gasteiger partial charge in [0.2, 0.25) is 0 Å². The predicted molar refractivity (Wildman–Crippen MR) is 48.9 cm³/mol. The van der Waals surface area contributed by atoms with E-state index in [-0.39, 0.29) is 0 Å². The largest absolute Gasteiger partial charge is 0.123 e. The van der Waals surface area contributed by atoms with Gasteiger partial charge in [-0.15, -0.1) is 11.6 Å². The van der Waals surface area contributed by atoms with Crippen LogP contribution in [-0.4, -0.2) is 5.38 Å². The summed E-state index contributed by atoms with van der Waals surface area (Å²) in [5, 5.41) is 0.509. The van der Waals surface area contributed by atoms with E-state index in [9.17, 15) is 0 Å². The molecule has 0 saturated heterocycles. The Morgan fingerprint density at radius 3 is 2.36 bits per heavy atom. The van der Waals surface area contributed by atoms with Crippen molar-refractivity contribution in [1.82, 2.24) is 0 Å². The Labute approximate surface area is 74.3 Å². The van der Waals surface area contributed by atoms with Gasteiger partial charge in [0, 0.05) is 5.38 Å². The molecule has 2 aliphatic carbocycles. The summed E-state index contributed by atoms with van der Waals surface area (Å²) in [4.78, 5) is 0. The first-order valence-electron chi connectivity index (χ1n) is 5.00. The molecule has 11 heavy (non-hydrogen) atoms. The highest BCUT2D eigenvalue weighted by molar-refractivity contribution is 6.20. The van der Waals surface area contributed by atoms with Crippen LogP contribution < -0.4 is 0 Å². The Kier molecular flexibility index (Phi) is 2.41. The molecule has 0 bridgehead atoms. The second-order valence-corrected chi connectivity index (χ2v) is 4.83. The van der Waals surface area contributed by atoms with Gasteiger partial charge >= 0.3 is 0 Å². The van der Waals surface area contributed by atoms with Crippen LogP contribution >= 0.6 is 11.6 Å². The first kappa shape index (κ1) is 7.91. The van der Waals surface area contributed by atoms with Crippen molar-refractivity contribution in [3.63, 3.8) is 0 Å². The van der Waals surface area contributed by atoms with Crippen molar-refractivity contribution in [2.24, 2.45) is 11.8 Å². The first-order valence-corrected chi connectivity index (χ1v) is 5.44. The smallest absolute Gasteiger partial charge is 0.0338 e. The third-order valence-corrected chi connectivity index (χ3v) is 3.87. The minimum absolute atomic E-state index is 0.509. The molecule has 0 aromatic rings. The van der Waals surface area contributed by atoms with Gasteiger partial charge in [-0.1, -0.05) is 25.7 Å².